The normalized spacial score (nSPS) is 22.9. The Morgan fingerprint density at radius 2 is 1.62 bits per heavy atom. The molecule has 2 rings (SSSR count). The van der Waals surface area contributed by atoms with Crippen molar-refractivity contribution in [3.63, 3.8) is 0 Å². The summed E-state index contributed by atoms with van der Waals surface area (Å²) < 4.78 is 26.0. The molecule has 24 heavy (non-hydrogen) atoms. The molecule has 0 spiro atoms. The second-order valence-corrected chi connectivity index (χ2v) is 4.88. The van der Waals surface area contributed by atoms with E-state index in [9.17, 15) is 14.7 Å². The Morgan fingerprint density at radius 1 is 1.08 bits per heavy atom. The first-order valence-corrected chi connectivity index (χ1v) is 7.52. The van der Waals surface area contributed by atoms with Crippen LogP contribution in [0, 0.1) is 0 Å². The molecule has 1 N–H and O–H groups in total. The number of methoxy groups -OCH3 is 1. The monoisotopic (exact) mass is 340 g/mol. The summed E-state index contributed by atoms with van der Waals surface area (Å²) in [6.07, 6.45) is -3.45. The van der Waals surface area contributed by atoms with Gasteiger partial charge in [0.2, 0.25) is 0 Å². The SMILES string of the molecule is CCOC(=O)C1OC(c2ccc(O)c(OC)c2)O[C@H]1C(=O)OCC. The van der Waals surface area contributed by atoms with Gasteiger partial charge in [0.15, 0.2) is 30.0 Å². The summed E-state index contributed by atoms with van der Waals surface area (Å²) in [5, 5.41) is 9.64. The van der Waals surface area contributed by atoms with Gasteiger partial charge in [-0.3, -0.25) is 0 Å². The molecule has 8 nitrogen and oxygen atoms in total. The standard InChI is InChI=1S/C16H20O8/c1-4-21-14(18)12-13(15(19)22-5-2)24-16(23-12)9-6-7-10(17)11(8-9)20-3/h6-8,12-13,16-17H,4-5H2,1-3H3/t12-,13?,16?/m1/s1. The molecule has 1 fully saturated rings. The van der Waals surface area contributed by atoms with Crippen LogP contribution in [-0.2, 0) is 28.5 Å². The highest BCUT2D eigenvalue weighted by atomic mass is 16.8. The summed E-state index contributed by atoms with van der Waals surface area (Å²) in [4.78, 5) is 24.0. The quantitative estimate of drug-likeness (QED) is 0.774. The van der Waals surface area contributed by atoms with Crippen molar-refractivity contribution >= 4 is 11.9 Å². The van der Waals surface area contributed by atoms with Crippen LogP contribution in [0.15, 0.2) is 18.2 Å². The van der Waals surface area contributed by atoms with Crippen molar-refractivity contribution < 1.29 is 38.4 Å². The van der Waals surface area contributed by atoms with E-state index in [4.69, 9.17) is 23.7 Å². The summed E-state index contributed by atoms with van der Waals surface area (Å²) in [5.41, 5.74) is 0.478. The van der Waals surface area contributed by atoms with E-state index in [-0.39, 0.29) is 24.7 Å². The maximum atomic E-state index is 12.0. The predicted molar refractivity (Wildman–Crippen MR) is 80.4 cm³/mol. The van der Waals surface area contributed by atoms with E-state index in [0.717, 1.165) is 0 Å². The van der Waals surface area contributed by atoms with Crippen LogP contribution in [0.1, 0.15) is 25.7 Å². The number of hydrogen-bond donors (Lipinski definition) is 1. The van der Waals surface area contributed by atoms with Gasteiger partial charge in [0, 0.05) is 5.56 Å². The zero-order valence-electron chi connectivity index (χ0n) is 13.7. The zero-order valence-corrected chi connectivity index (χ0v) is 13.7. The lowest BCUT2D eigenvalue weighted by Gasteiger charge is -2.13. The number of phenolic OH excluding ortho intramolecular Hbond substituents is 1. The number of esters is 2. The molecule has 3 atom stereocenters. The molecule has 1 aliphatic heterocycles. The molecule has 0 bridgehead atoms. The molecule has 0 amide bonds. The van der Waals surface area contributed by atoms with Crippen LogP contribution in [0.25, 0.3) is 0 Å². The Balaban J connectivity index is 2.24. The topological polar surface area (TPSA) is 101 Å². The largest absolute Gasteiger partial charge is 0.504 e. The highest BCUT2D eigenvalue weighted by Crippen LogP contribution is 2.36. The summed E-state index contributed by atoms with van der Waals surface area (Å²) >= 11 is 0. The predicted octanol–water partition coefficient (Wildman–Crippen LogP) is 1.31. The Morgan fingerprint density at radius 3 is 2.08 bits per heavy atom. The molecule has 1 heterocycles. The first kappa shape index (κ1) is 18.0. The van der Waals surface area contributed by atoms with E-state index >= 15 is 0 Å². The highest BCUT2D eigenvalue weighted by Gasteiger charge is 2.47. The maximum Gasteiger partial charge on any atom is 0.338 e. The van der Waals surface area contributed by atoms with Crippen molar-refractivity contribution in [2.45, 2.75) is 32.3 Å². The molecule has 0 saturated carbocycles. The van der Waals surface area contributed by atoms with Gasteiger partial charge in [-0.1, -0.05) is 6.07 Å². The molecule has 1 aromatic rings. The van der Waals surface area contributed by atoms with Gasteiger partial charge in [-0.2, -0.15) is 0 Å². The second-order valence-electron chi connectivity index (χ2n) is 4.88. The minimum absolute atomic E-state index is 0.0527. The van der Waals surface area contributed by atoms with E-state index < -0.39 is 30.4 Å². The number of rotatable bonds is 6. The van der Waals surface area contributed by atoms with Gasteiger partial charge in [-0.15, -0.1) is 0 Å². The van der Waals surface area contributed by atoms with Crippen LogP contribution in [0.2, 0.25) is 0 Å². The Bertz CT molecular complexity index is 574. The van der Waals surface area contributed by atoms with Crippen molar-refractivity contribution in [2.75, 3.05) is 20.3 Å². The second kappa shape index (κ2) is 7.98. The van der Waals surface area contributed by atoms with E-state index in [0.29, 0.717) is 5.56 Å². The van der Waals surface area contributed by atoms with Crippen LogP contribution in [-0.4, -0.2) is 49.6 Å². The maximum absolute atomic E-state index is 12.0. The van der Waals surface area contributed by atoms with Crippen molar-refractivity contribution in [2.24, 2.45) is 0 Å². The van der Waals surface area contributed by atoms with Gasteiger partial charge in [-0.05, 0) is 26.0 Å². The van der Waals surface area contributed by atoms with Crippen LogP contribution in [0.4, 0.5) is 0 Å². The number of ether oxygens (including phenoxy) is 5. The van der Waals surface area contributed by atoms with Crippen molar-refractivity contribution in [3.05, 3.63) is 23.8 Å². The van der Waals surface area contributed by atoms with Crippen LogP contribution < -0.4 is 4.74 Å². The molecule has 1 aromatic carbocycles. The molecule has 132 valence electrons. The van der Waals surface area contributed by atoms with Gasteiger partial charge in [0.25, 0.3) is 0 Å². The summed E-state index contributed by atoms with van der Waals surface area (Å²) in [5.74, 6) is -1.25. The highest BCUT2D eigenvalue weighted by molar-refractivity contribution is 5.86. The molecule has 8 heteroatoms. The fourth-order valence-corrected chi connectivity index (χ4v) is 2.25. The average Bonchev–Trinajstić information content (AvgIpc) is 3.01. The summed E-state index contributed by atoms with van der Waals surface area (Å²) in [6.45, 7) is 3.59. The number of carbonyl (C=O) groups excluding carboxylic acids is 2. The molecule has 2 unspecified atom stereocenters. The zero-order chi connectivity index (χ0) is 17.7. The third-order valence-electron chi connectivity index (χ3n) is 3.33. The van der Waals surface area contributed by atoms with Gasteiger partial charge >= 0.3 is 11.9 Å². The molecule has 1 saturated heterocycles. The first-order chi connectivity index (χ1) is 11.5. The molecular weight excluding hydrogens is 320 g/mol. The van der Waals surface area contributed by atoms with Crippen molar-refractivity contribution in [1.82, 2.24) is 0 Å². The lowest BCUT2D eigenvalue weighted by Crippen LogP contribution is -2.39. The molecule has 0 aliphatic carbocycles. The Kier molecular flexibility index (Phi) is 5.99. The minimum Gasteiger partial charge on any atom is -0.504 e. The summed E-state index contributed by atoms with van der Waals surface area (Å²) in [7, 11) is 1.40. The Hall–Kier alpha value is -2.32. The molecule has 0 radical (unpaired) electrons. The minimum atomic E-state index is -1.23. The lowest BCUT2D eigenvalue weighted by molar-refractivity contribution is -0.163. The lowest BCUT2D eigenvalue weighted by atomic mass is 10.2. The number of hydrogen-bond acceptors (Lipinski definition) is 8. The van der Waals surface area contributed by atoms with Crippen molar-refractivity contribution in [3.8, 4) is 11.5 Å². The van der Waals surface area contributed by atoms with E-state index in [1.165, 1.54) is 25.3 Å². The number of aromatic hydroxyl groups is 1. The van der Waals surface area contributed by atoms with Crippen molar-refractivity contribution in [1.29, 1.82) is 0 Å². The van der Waals surface area contributed by atoms with Crippen LogP contribution in [0.5, 0.6) is 11.5 Å². The number of carbonyl (C=O) groups is 2. The Labute approximate surface area is 139 Å². The van der Waals surface area contributed by atoms with E-state index in [2.05, 4.69) is 0 Å². The van der Waals surface area contributed by atoms with Gasteiger partial charge < -0.3 is 28.8 Å². The number of phenols is 1. The van der Waals surface area contributed by atoms with Gasteiger partial charge in [0.05, 0.1) is 20.3 Å². The van der Waals surface area contributed by atoms with E-state index in [1.807, 2.05) is 0 Å². The average molecular weight is 340 g/mol. The third-order valence-corrected chi connectivity index (χ3v) is 3.33. The van der Waals surface area contributed by atoms with Crippen LogP contribution >= 0.6 is 0 Å². The molecule has 1 aliphatic rings. The smallest absolute Gasteiger partial charge is 0.338 e. The van der Waals surface area contributed by atoms with E-state index in [1.54, 1.807) is 13.8 Å². The van der Waals surface area contributed by atoms with Crippen LogP contribution in [0.3, 0.4) is 0 Å². The van der Waals surface area contributed by atoms with Gasteiger partial charge in [-0.25, -0.2) is 9.59 Å². The van der Waals surface area contributed by atoms with Gasteiger partial charge in [0.1, 0.15) is 0 Å². The first-order valence-electron chi connectivity index (χ1n) is 7.52. The number of benzene rings is 1. The third kappa shape index (κ3) is 3.77. The molecular formula is C16H20O8. The fourth-order valence-electron chi connectivity index (χ4n) is 2.25. The molecule has 0 aromatic heterocycles. The fraction of sp³-hybridized carbons (Fsp3) is 0.500. The summed E-state index contributed by atoms with van der Waals surface area (Å²) in [6, 6.07) is 4.44.